The first-order valence-electron chi connectivity index (χ1n) is 11.5. The van der Waals surface area contributed by atoms with Crippen LogP contribution in [0.1, 0.15) is 24.0 Å². The Kier molecular flexibility index (Phi) is 7.60. The Bertz CT molecular complexity index is 1270. The second-order valence-corrected chi connectivity index (χ2v) is 8.95. The largest absolute Gasteiger partial charge is 0.493 e. The molecule has 0 unspecified atom stereocenters. The van der Waals surface area contributed by atoms with Gasteiger partial charge in [0.05, 0.1) is 19.9 Å². The second-order valence-electron chi connectivity index (χ2n) is 8.54. The van der Waals surface area contributed by atoms with Crippen molar-refractivity contribution < 1.29 is 14.3 Å². The summed E-state index contributed by atoms with van der Waals surface area (Å²) in [4.78, 5) is 27.3. The fourth-order valence-corrected chi connectivity index (χ4v) is 4.34. The number of nitrogens with zero attached hydrogens (tertiary/aromatic N) is 3. The molecule has 35 heavy (non-hydrogen) atoms. The van der Waals surface area contributed by atoms with Crippen molar-refractivity contribution >= 4 is 23.3 Å². The fourth-order valence-electron chi connectivity index (χ4n) is 4.16. The van der Waals surface area contributed by atoms with E-state index < -0.39 is 0 Å². The zero-order chi connectivity index (χ0) is 24.9. The van der Waals surface area contributed by atoms with Crippen LogP contribution in [0.15, 0.2) is 53.3 Å². The van der Waals surface area contributed by atoms with Gasteiger partial charge in [0.2, 0.25) is 5.91 Å². The fraction of sp³-hybridized carbons (Fsp3) is 0.346. The van der Waals surface area contributed by atoms with Crippen LogP contribution in [0.5, 0.6) is 11.5 Å². The number of aromatic nitrogens is 2. The van der Waals surface area contributed by atoms with Gasteiger partial charge in [0.1, 0.15) is 5.82 Å². The Morgan fingerprint density at radius 1 is 1.06 bits per heavy atom. The van der Waals surface area contributed by atoms with Crippen molar-refractivity contribution in [3.05, 3.63) is 75.0 Å². The molecule has 3 aromatic rings. The molecular formula is C26H29ClN4O4. The molecule has 1 saturated heterocycles. The van der Waals surface area contributed by atoms with Crippen LogP contribution in [0.2, 0.25) is 5.02 Å². The maximum Gasteiger partial charge on any atom is 0.271 e. The van der Waals surface area contributed by atoms with Crippen LogP contribution in [0.4, 0.5) is 5.82 Å². The lowest BCUT2D eigenvalue weighted by Crippen LogP contribution is -2.41. The number of amides is 1. The molecular weight excluding hydrogens is 468 g/mol. The van der Waals surface area contributed by atoms with E-state index in [-0.39, 0.29) is 17.4 Å². The number of rotatable bonds is 7. The molecule has 1 amide bonds. The monoisotopic (exact) mass is 496 g/mol. The van der Waals surface area contributed by atoms with Gasteiger partial charge in [0.25, 0.3) is 5.56 Å². The molecule has 0 aliphatic carbocycles. The number of hydrogen-bond acceptors (Lipinski definition) is 6. The Hall–Kier alpha value is -3.52. The summed E-state index contributed by atoms with van der Waals surface area (Å²) in [6, 6.07) is 14.3. The summed E-state index contributed by atoms with van der Waals surface area (Å²) < 4.78 is 12.0. The minimum atomic E-state index is -0.224. The number of piperidine rings is 1. The first kappa shape index (κ1) is 24.6. The molecule has 1 aliphatic heterocycles. The number of carbonyl (C=O) groups is 1. The minimum absolute atomic E-state index is 0.0339. The highest BCUT2D eigenvalue weighted by Gasteiger charge is 2.26. The molecule has 2 aromatic carbocycles. The third-order valence-electron chi connectivity index (χ3n) is 6.29. The van der Waals surface area contributed by atoms with Gasteiger partial charge < -0.3 is 19.7 Å². The van der Waals surface area contributed by atoms with Gasteiger partial charge in [-0.05, 0) is 61.2 Å². The molecule has 0 atom stereocenters. The average molecular weight is 497 g/mol. The first-order chi connectivity index (χ1) is 16.9. The van der Waals surface area contributed by atoms with E-state index in [4.69, 9.17) is 21.1 Å². The number of carbonyl (C=O) groups excluding carboxylic acids is 1. The molecule has 9 heteroatoms. The summed E-state index contributed by atoms with van der Waals surface area (Å²) in [7, 11) is 3.18. The maximum atomic E-state index is 12.8. The Morgan fingerprint density at radius 2 is 1.80 bits per heavy atom. The molecule has 8 nitrogen and oxygen atoms in total. The molecule has 2 heterocycles. The van der Waals surface area contributed by atoms with E-state index in [1.807, 2.05) is 37.3 Å². The highest BCUT2D eigenvalue weighted by Crippen LogP contribution is 2.28. The van der Waals surface area contributed by atoms with Crippen molar-refractivity contribution in [2.45, 2.75) is 26.3 Å². The van der Waals surface area contributed by atoms with Gasteiger partial charge >= 0.3 is 0 Å². The average Bonchev–Trinajstić information content (AvgIpc) is 2.89. The van der Waals surface area contributed by atoms with Gasteiger partial charge in [-0.3, -0.25) is 9.59 Å². The molecule has 1 aromatic heterocycles. The predicted octanol–water partition coefficient (Wildman–Crippen LogP) is 3.74. The molecule has 1 aliphatic rings. The number of halogens is 1. The Morgan fingerprint density at radius 3 is 2.49 bits per heavy atom. The lowest BCUT2D eigenvalue weighted by Gasteiger charge is -2.32. The first-order valence-corrected chi connectivity index (χ1v) is 11.9. The van der Waals surface area contributed by atoms with E-state index in [1.54, 1.807) is 26.4 Å². The molecule has 1 N–H and O–H groups in total. The van der Waals surface area contributed by atoms with Gasteiger partial charge in [-0.2, -0.15) is 4.68 Å². The quantitative estimate of drug-likeness (QED) is 0.536. The van der Waals surface area contributed by atoms with Gasteiger partial charge in [-0.25, -0.2) is 0 Å². The van der Waals surface area contributed by atoms with Gasteiger partial charge in [0.15, 0.2) is 11.5 Å². The van der Waals surface area contributed by atoms with Crippen molar-refractivity contribution in [2.75, 3.05) is 32.2 Å². The standard InChI is InChI=1S/C26H29ClN4O4/c1-17-4-6-20(15-21(17)27)31-25(32)9-8-24(29-31)30-12-10-19(11-13-30)26(33)28-16-18-5-7-22(34-2)23(14-18)35-3/h4-9,14-15,19H,10-13,16H2,1-3H3,(H,28,33). The topological polar surface area (TPSA) is 85.7 Å². The predicted molar refractivity (Wildman–Crippen MR) is 136 cm³/mol. The summed E-state index contributed by atoms with van der Waals surface area (Å²) in [6.45, 7) is 3.68. The lowest BCUT2D eigenvalue weighted by atomic mass is 9.96. The van der Waals surface area contributed by atoms with E-state index in [9.17, 15) is 9.59 Å². The van der Waals surface area contributed by atoms with E-state index in [0.29, 0.717) is 60.5 Å². The van der Waals surface area contributed by atoms with Gasteiger partial charge in [-0.15, -0.1) is 5.10 Å². The molecule has 1 fully saturated rings. The van der Waals surface area contributed by atoms with Crippen molar-refractivity contribution in [2.24, 2.45) is 5.92 Å². The zero-order valence-electron chi connectivity index (χ0n) is 20.1. The number of methoxy groups -OCH3 is 2. The van der Waals surface area contributed by atoms with Crippen LogP contribution < -0.4 is 25.2 Å². The van der Waals surface area contributed by atoms with E-state index in [2.05, 4.69) is 15.3 Å². The highest BCUT2D eigenvalue weighted by atomic mass is 35.5. The molecule has 0 radical (unpaired) electrons. The molecule has 184 valence electrons. The number of anilines is 1. The highest BCUT2D eigenvalue weighted by molar-refractivity contribution is 6.31. The summed E-state index contributed by atoms with van der Waals surface area (Å²) >= 11 is 6.24. The van der Waals surface area contributed by atoms with Crippen molar-refractivity contribution in [3.8, 4) is 17.2 Å². The second kappa shape index (κ2) is 10.8. The SMILES string of the molecule is COc1ccc(CNC(=O)C2CCN(c3ccc(=O)n(-c4ccc(C)c(Cl)c4)n3)CC2)cc1OC. The summed E-state index contributed by atoms with van der Waals surface area (Å²) in [5.74, 6) is 1.94. The van der Waals surface area contributed by atoms with Crippen molar-refractivity contribution in [1.82, 2.24) is 15.1 Å². The molecule has 0 spiro atoms. The minimum Gasteiger partial charge on any atom is -0.493 e. The van der Waals surface area contributed by atoms with Crippen molar-refractivity contribution in [1.29, 1.82) is 0 Å². The van der Waals surface area contributed by atoms with Crippen LogP contribution in [-0.4, -0.2) is 43.0 Å². The number of aryl methyl sites for hydroxylation is 1. The maximum absolute atomic E-state index is 12.8. The molecule has 4 rings (SSSR count). The Labute approximate surface area is 209 Å². The van der Waals surface area contributed by atoms with Crippen LogP contribution in [-0.2, 0) is 11.3 Å². The summed E-state index contributed by atoms with van der Waals surface area (Å²) in [6.07, 6.45) is 1.41. The van der Waals surface area contributed by atoms with Crippen molar-refractivity contribution in [3.63, 3.8) is 0 Å². The number of hydrogen-bond donors (Lipinski definition) is 1. The lowest BCUT2D eigenvalue weighted by molar-refractivity contribution is -0.125. The van der Waals surface area contributed by atoms with Crippen LogP contribution in [0.3, 0.4) is 0 Å². The summed E-state index contributed by atoms with van der Waals surface area (Å²) in [5.41, 5.74) is 2.28. The van der Waals surface area contributed by atoms with E-state index >= 15 is 0 Å². The number of nitrogens with one attached hydrogen (secondary N) is 1. The normalized spacial score (nSPS) is 14.0. The smallest absolute Gasteiger partial charge is 0.271 e. The molecule has 0 bridgehead atoms. The zero-order valence-corrected chi connectivity index (χ0v) is 20.8. The number of ether oxygens (including phenoxy) is 2. The molecule has 0 saturated carbocycles. The van der Waals surface area contributed by atoms with E-state index in [0.717, 1.165) is 11.1 Å². The van der Waals surface area contributed by atoms with Crippen LogP contribution >= 0.6 is 11.6 Å². The Balaban J connectivity index is 1.37. The van der Waals surface area contributed by atoms with Crippen LogP contribution in [0.25, 0.3) is 5.69 Å². The van der Waals surface area contributed by atoms with E-state index in [1.165, 1.54) is 10.7 Å². The third-order valence-corrected chi connectivity index (χ3v) is 6.70. The number of benzene rings is 2. The van der Waals surface area contributed by atoms with Crippen LogP contribution in [0, 0.1) is 12.8 Å². The van der Waals surface area contributed by atoms with Gasteiger partial charge in [0, 0.05) is 36.6 Å². The third kappa shape index (κ3) is 5.59. The van der Waals surface area contributed by atoms with Gasteiger partial charge in [-0.1, -0.05) is 23.7 Å². The summed E-state index contributed by atoms with van der Waals surface area (Å²) in [5, 5.41) is 8.18.